The summed E-state index contributed by atoms with van der Waals surface area (Å²) in [5.74, 6) is 0. The Morgan fingerprint density at radius 1 is 0.905 bits per heavy atom. The topological polar surface area (TPSA) is 0 Å². The van der Waals surface area contributed by atoms with Gasteiger partial charge in [0.15, 0.2) is 0 Å². The van der Waals surface area contributed by atoms with Gasteiger partial charge in [-0.2, -0.15) is 12.1 Å². The molecule has 0 saturated heterocycles. The number of rotatable bonds is 1. The maximum Gasteiger partial charge on any atom is 0 e. The van der Waals surface area contributed by atoms with E-state index in [1.807, 2.05) is 0 Å². The molecule has 0 heterocycles. The maximum absolute atomic E-state index is 2.39. The average molecular weight is 440 g/mol. The molecule has 21 heavy (non-hydrogen) atoms. The van der Waals surface area contributed by atoms with Crippen molar-refractivity contribution in [3.8, 4) is 11.1 Å². The van der Waals surface area contributed by atoms with Gasteiger partial charge in [0.25, 0.3) is 0 Å². The summed E-state index contributed by atoms with van der Waals surface area (Å²) in [6.07, 6.45) is 3.79. The first-order valence-corrected chi connectivity index (χ1v) is 6.69. The Labute approximate surface area is 147 Å². The van der Waals surface area contributed by atoms with Gasteiger partial charge in [-0.3, -0.25) is 0 Å². The van der Waals surface area contributed by atoms with Crippen LogP contribution in [0.2, 0.25) is 0 Å². The molecule has 0 bridgehead atoms. The molecule has 0 aliphatic heterocycles. The minimum atomic E-state index is 0. The van der Waals surface area contributed by atoms with Gasteiger partial charge in [-0.25, -0.2) is 0 Å². The van der Waals surface area contributed by atoms with Gasteiger partial charge >= 0.3 is 0 Å². The molecule has 0 saturated carbocycles. The first kappa shape index (κ1) is 18.0. The van der Waals surface area contributed by atoms with Crippen molar-refractivity contribution < 1.29 is 25.8 Å². The average Bonchev–Trinajstić information content (AvgIpc) is 3.04. The van der Waals surface area contributed by atoms with E-state index < -0.39 is 0 Å². The Kier molecular flexibility index (Phi) is 6.22. The third-order valence-corrected chi connectivity index (χ3v) is 4.07. The molecule has 108 valence electrons. The van der Waals surface area contributed by atoms with Crippen LogP contribution in [0.25, 0.3) is 21.9 Å². The Bertz CT molecular complexity index is 707. The summed E-state index contributed by atoms with van der Waals surface area (Å²) >= 11 is 0. The molecule has 0 nitrogen and oxygen atoms in total. The van der Waals surface area contributed by atoms with Crippen LogP contribution in [0, 0.1) is 14.9 Å². The van der Waals surface area contributed by atoms with Crippen molar-refractivity contribution in [2.75, 3.05) is 0 Å². The van der Waals surface area contributed by atoms with Crippen molar-refractivity contribution >= 4 is 10.8 Å². The number of fused-ring (bicyclic) bond motifs is 2. The Morgan fingerprint density at radius 3 is 2.43 bits per heavy atom. The number of benzene rings is 2. The minimum Gasteiger partial charge on any atom is -0.358 e. The van der Waals surface area contributed by atoms with Crippen LogP contribution in [-0.2, 0) is 38.7 Å². The molecule has 4 rings (SSSR count). The van der Waals surface area contributed by atoms with E-state index in [0.29, 0.717) is 0 Å². The standard InChI is InChI=1S/C18H15.2CH3.Hf/c1-2-6-13(7-3-1)18-16-10-4-8-14(16)12-15-9-5-11-17(15)18;;;/h1-4,6-8,10,12H,5,9,11H2;2*1H3;/q3*-1;. The molecule has 0 unspecified atom stereocenters. The van der Waals surface area contributed by atoms with Crippen molar-refractivity contribution in [2.24, 2.45) is 0 Å². The molecule has 0 spiro atoms. The first-order chi connectivity index (χ1) is 8.93. The second-order valence-corrected chi connectivity index (χ2v) is 5.14. The van der Waals surface area contributed by atoms with Gasteiger partial charge in [-0.15, -0.1) is 22.9 Å². The van der Waals surface area contributed by atoms with Crippen LogP contribution in [0.5, 0.6) is 0 Å². The predicted octanol–water partition coefficient (Wildman–Crippen LogP) is 5.61. The maximum atomic E-state index is 2.39. The molecule has 0 atom stereocenters. The van der Waals surface area contributed by atoms with E-state index in [0.717, 1.165) is 0 Å². The van der Waals surface area contributed by atoms with E-state index >= 15 is 0 Å². The summed E-state index contributed by atoms with van der Waals surface area (Å²) in [6, 6.07) is 19.9. The van der Waals surface area contributed by atoms with Crippen LogP contribution in [0.1, 0.15) is 17.5 Å². The molecule has 0 aromatic heterocycles. The van der Waals surface area contributed by atoms with Gasteiger partial charge < -0.3 is 14.9 Å². The molecule has 3 aromatic rings. The van der Waals surface area contributed by atoms with Crippen molar-refractivity contribution in [3.05, 3.63) is 80.6 Å². The number of hydrogen-bond acceptors (Lipinski definition) is 0. The Hall–Kier alpha value is -1.08. The van der Waals surface area contributed by atoms with E-state index in [4.69, 9.17) is 0 Å². The first-order valence-electron chi connectivity index (χ1n) is 6.69. The van der Waals surface area contributed by atoms with Crippen LogP contribution in [0.15, 0.2) is 54.6 Å². The van der Waals surface area contributed by atoms with E-state index in [1.165, 1.54) is 41.2 Å². The molecular formula is C20H21Hf-3. The van der Waals surface area contributed by atoms with Crippen LogP contribution in [-0.4, -0.2) is 0 Å². The zero-order valence-corrected chi connectivity index (χ0v) is 16.4. The van der Waals surface area contributed by atoms with Crippen LogP contribution >= 0.6 is 0 Å². The third kappa shape index (κ3) is 2.94. The SMILES string of the molecule is [CH3-].[CH3-].[Hf].c1ccc(-c2c3c(cc4[cH-]ccc24)CCC3)cc1. The third-order valence-electron chi connectivity index (χ3n) is 4.07. The van der Waals surface area contributed by atoms with Gasteiger partial charge in [0.1, 0.15) is 0 Å². The normalized spacial score (nSPS) is 12.0. The second kappa shape index (κ2) is 7.26. The quantitative estimate of drug-likeness (QED) is 0.341. The van der Waals surface area contributed by atoms with Gasteiger partial charge in [0.05, 0.1) is 0 Å². The van der Waals surface area contributed by atoms with E-state index in [2.05, 4.69) is 54.6 Å². The Balaban J connectivity index is 0.000000735. The fourth-order valence-corrected chi connectivity index (χ4v) is 3.28. The summed E-state index contributed by atoms with van der Waals surface area (Å²) in [5, 5.41) is 2.82. The molecule has 0 radical (unpaired) electrons. The molecule has 0 fully saturated rings. The molecule has 1 aliphatic carbocycles. The summed E-state index contributed by atoms with van der Waals surface area (Å²) in [6.45, 7) is 0. The zero-order valence-electron chi connectivity index (χ0n) is 12.8. The summed E-state index contributed by atoms with van der Waals surface area (Å²) in [7, 11) is 0. The van der Waals surface area contributed by atoms with Gasteiger partial charge in [-0.05, 0) is 24.8 Å². The fourth-order valence-electron chi connectivity index (χ4n) is 3.28. The van der Waals surface area contributed by atoms with Crippen molar-refractivity contribution in [1.29, 1.82) is 0 Å². The molecule has 3 aromatic carbocycles. The molecule has 0 N–H and O–H groups in total. The van der Waals surface area contributed by atoms with Crippen molar-refractivity contribution in [3.63, 3.8) is 0 Å². The Morgan fingerprint density at radius 2 is 1.67 bits per heavy atom. The second-order valence-electron chi connectivity index (χ2n) is 5.14. The fraction of sp³-hybridized carbons (Fsp3) is 0.150. The largest absolute Gasteiger partial charge is 0.358 e. The molecule has 1 heteroatoms. The van der Waals surface area contributed by atoms with Gasteiger partial charge in [0, 0.05) is 25.8 Å². The zero-order chi connectivity index (χ0) is 11.9. The molecule has 0 amide bonds. The van der Waals surface area contributed by atoms with Crippen LogP contribution < -0.4 is 0 Å². The molecule has 1 aliphatic rings. The number of aryl methyl sites for hydroxylation is 1. The van der Waals surface area contributed by atoms with Crippen LogP contribution in [0.4, 0.5) is 0 Å². The van der Waals surface area contributed by atoms with E-state index in [1.54, 1.807) is 11.1 Å². The molecular weight excluding hydrogens is 419 g/mol. The van der Waals surface area contributed by atoms with E-state index in [-0.39, 0.29) is 40.7 Å². The monoisotopic (exact) mass is 441 g/mol. The van der Waals surface area contributed by atoms with Crippen LogP contribution in [0.3, 0.4) is 0 Å². The number of hydrogen-bond donors (Lipinski definition) is 0. The predicted molar refractivity (Wildman–Crippen MR) is 89.8 cm³/mol. The van der Waals surface area contributed by atoms with Gasteiger partial charge in [0.2, 0.25) is 0 Å². The van der Waals surface area contributed by atoms with Gasteiger partial charge in [-0.1, -0.05) is 47.0 Å². The summed E-state index contributed by atoms with van der Waals surface area (Å²) < 4.78 is 0. The van der Waals surface area contributed by atoms with E-state index in [9.17, 15) is 0 Å². The summed E-state index contributed by atoms with van der Waals surface area (Å²) in [5.41, 5.74) is 5.99. The van der Waals surface area contributed by atoms with Crippen molar-refractivity contribution in [2.45, 2.75) is 19.3 Å². The summed E-state index contributed by atoms with van der Waals surface area (Å²) in [4.78, 5) is 0. The minimum absolute atomic E-state index is 0. The smallest absolute Gasteiger partial charge is 0 e. The van der Waals surface area contributed by atoms with Crippen molar-refractivity contribution in [1.82, 2.24) is 0 Å².